The van der Waals surface area contributed by atoms with Crippen LogP contribution in [0, 0.1) is 17.6 Å². The molecule has 116 valence electrons. The maximum Gasteiger partial charge on any atom is 0.225 e. The highest BCUT2D eigenvalue weighted by molar-refractivity contribution is 5.78. The Morgan fingerprint density at radius 1 is 1.33 bits per heavy atom. The van der Waals surface area contributed by atoms with Crippen LogP contribution in [0.4, 0.5) is 8.78 Å². The Labute approximate surface area is 123 Å². The molecule has 1 fully saturated rings. The number of likely N-dealkylation sites (N-methyl/N-ethyl adjacent to an activating group) is 1. The molecular formula is C15H21F2N3O. The number of carbonyl (C=O) groups excluding carboxylic acids is 1. The van der Waals surface area contributed by atoms with Gasteiger partial charge in [-0.2, -0.15) is 0 Å². The number of carbonyl (C=O) groups is 1. The van der Waals surface area contributed by atoms with Gasteiger partial charge in [0, 0.05) is 51.4 Å². The molecule has 21 heavy (non-hydrogen) atoms. The van der Waals surface area contributed by atoms with E-state index in [4.69, 9.17) is 0 Å². The van der Waals surface area contributed by atoms with Crippen LogP contribution < -0.4 is 5.32 Å². The zero-order valence-corrected chi connectivity index (χ0v) is 12.4. The van der Waals surface area contributed by atoms with E-state index in [2.05, 4.69) is 10.2 Å². The van der Waals surface area contributed by atoms with E-state index in [1.54, 1.807) is 7.05 Å². The lowest BCUT2D eigenvalue weighted by molar-refractivity contribution is -0.125. The van der Waals surface area contributed by atoms with Crippen molar-refractivity contribution in [2.24, 2.45) is 5.92 Å². The van der Waals surface area contributed by atoms with Gasteiger partial charge in [0.15, 0.2) is 0 Å². The second-order valence-electron chi connectivity index (χ2n) is 5.54. The lowest BCUT2D eigenvalue weighted by atomic mass is 10.1. The average molecular weight is 297 g/mol. The Kier molecular flexibility index (Phi) is 5.25. The smallest absolute Gasteiger partial charge is 0.225 e. The second-order valence-corrected chi connectivity index (χ2v) is 5.54. The van der Waals surface area contributed by atoms with Crippen molar-refractivity contribution in [3.63, 3.8) is 0 Å². The second kappa shape index (κ2) is 6.95. The predicted molar refractivity (Wildman–Crippen MR) is 76.7 cm³/mol. The minimum absolute atomic E-state index is 0.00618. The molecule has 0 saturated carbocycles. The van der Waals surface area contributed by atoms with Gasteiger partial charge in [-0.05, 0) is 13.1 Å². The summed E-state index contributed by atoms with van der Waals surface area (Å²) in [5, 5.41) is 2.67. The molecule has 0 aliphatic carbocycles. The monoisotopic (exact) mass is 297 g/mol. The standard InChI is InChI=1S/C15H21F2N3O/c1-18-15(21)12-8-19(2)5-6-20(10-12)9-11-3-4-13(16)7-14(11)17/h3-4,7,12H,5-6,8-10H2,1-2H3,(H,18,21). The highest BCUT2D eigenvalue weighted by Gasteiger charge is 2.26. The van der Waals surface area contributed by atoms with Crippen LogP contribution in [0.1, 0.15) is 5.56 Å². The molecule has 1 aliphatic heterocycles. The normalized spacial score (nSPS) is 21.0. The van der Waals surface area contributed by atoms with Crippen molar-refractivity contribution in [1.29, 1.82) is 0 Å². The molecule has 2 rings (SSSR count). The lowest BCUT2D eigenvalue weighted by Gasteiger charge is -2.23. The van der Waals surface area contributed by atoms with Crippen LogP contribution in [0.25, 0.3) is 0 Å². The fraction of sp³-hybridized carbons (Fsp3) is 0.533. The van der Waals surface area contributed by atoms with E-state index in [-0.39, 0.29) is 11.8 Å². The summed E-state index contributed by atoms with van der Waals surface area (Å²) in [5.74, 6) is -1.27. The van der Waals surface area contributed by atoms with Crippen LogP contribution in [-0.4, -0.2) is 56.0 Å². The number of amides is 1. The summed E-state index contributed by atoms with van der Waals surface area (Å²) < 4.78 is 26.7. The summed E-state index contributed by atoms with van der Waals surface area (Å²) in [5.41, 5.74) is 0.455. The Bertz CT molecular complexity index is 510. The van der Waals surface area contributed by atoms with Gasteiger partial charge >= 0.3 is 0 Å². The molecule has 1 amide bonds. The number of benzene rings is 1. The third-order valence-corrected chi connectivity index (χ3v) is 3.83. The fourth-order valence-corrected chi connectivity index (χ4v) is 2.64. The Morgan fingerprint density at radius 2 is 2.10 bits per heavy atom. The summed E-state index contributed by atoms with van der Waals surface area (Å²) in [6, 6.07) is 3.63. The van der Waals surface area contributed by atoms with Gasteiger partial charge in [0.2, 0.25) is 5.91 Å². The van der Waals surface area contributed by atoms with Crippen molar-refractivity contribution < 1.29 is 13.6 Å². The summed E-state index contributed by atoms with van der Waals surface area (Å²) in [6.45, 7) is 3.20. The Morgan fingerprint density at radius 3 is 2.76 bits per heavy atom. The van der Waals surface area contributed by atoms with Crippen molar-refractivity contribution in [1.82, 2.24) is 15.1 Å². The molecular weight excluding hydrogens is 276 g/mol. The molecule has 1 aromatic rings. The molecule has 1 N–H and O–H groups in total. The first-order valence-corrected chi connectivity index (χ1v) is 7.06. The first-order valence-electron chi connectivity index (χ1n) is 7.06. The molecule has 0 bridgehead atoms. The van der Waals surface area contributed by atoms with E-state index in [1.807, 2.05) is 11.9 Å². The molecule has 1 unspecified atom stereocenters. The first-order chi connectivity index (χ1) is 9.99. The summed E-state index contributed by atoms with van der Waals surface area (Å²) in [6.07, 6.45) is 0. The van der Waals surface area contributed by atoms with Gasteiger partial charge in [-0.15, -0.1) is 0 Å². The SMILES string of the molecule is CNC(=O)C1CN(C)CCN(Cc2ccc(F)cc2F)C1. The minimum atomic E-state index is -0.574. The van der Waals surface area contributed by atoms with Gasteiger partial charge in [0.25, 0.3) is 0 Å². The van der Waals surface area contributed by atoms with Gasteiger partial charge in [0.1, 0.15) is 11.6 Å². The number of rotatable bonds is 3. The number of halogens is 2. The van der Waals surface area contributed by atoms with Gasteiger partial charge in [-0.1, -0.05) is 6.07 Å². The van der Waals surface area contributed by atoms with Crippen molar-refractivity contribution in [3.8, 4) is 0 Å². The number of hydrogen-bond acceptors (Lipinski definition) is 3. The van der Waals surface area contributed by atoms with Crippen LogP contribution in [0.5, 0.6) is 0 Å². The molecule has 0 spiro atoms. The van der Waals surface area contributed by atoms with Crippen LogP contribution >= 0.6 is 0 Å². The molecule has 1 atom stereocenters. The summed E-state index contributed by atoms with van der Waals surface area (Å²) >= 11 is 0. The molecule has 1 aliphatic rings. The van der Waals surface area contributed by atoms with E-state index in [0.717, 1.165) is 19.2 Å². The fourth-order valence-electron chi connectivity index (χ4n) is 2.64. The molecule has 1 saturated heterocycles. The van der Waals surface area contributed by atoms with E-state index < -0.39 is 11.6 Å². The largest absolute Gasteiger partial charge is 0.359 e. The van der Waals surface area contributed by atoms with E-state index >= 15 is 0 Å². The maximum absolute atomic E-state index is 13.7. The van der Waals surface area contributed by atoms with Crippen molar-refractivity contribution >= 4 is 5.91 Å². The van der Waals surface area contributed by atoms with Crippen LogP contribution in [-0.2, 0) is 11.3 Å². The topological polar surface area (TPSA) is 35.6 Å². The number of hydrogen-bond donors (Lipinski definition) is 1. The van der Waals surface area contributed by atoms with E-state index in [1.165, 1.54) is 12.1 Å². The van der Waals surface area contributed by atoms with Crippen molar-refractivity contribution in [2.45, 2.75) is 6.54 Å². The molecule has 6 heteroatoms. The Balaban J connectivity index is 2.09. The van der Waals surface area contributed by atoms with Gasteiger partial charge in [0.05, 0.1) is 5.92 Å². The quantitative estimate of drug-likeness (QED) is 0.907. The summed E-state index contributed by atoms with van der Waals surface area (Å²) in [7, 11) is 3.59. The zero-order chi connectivity index (χ0) is 15.4. The minimum Gasteiger partial charge on any atom is -0.359 e. The predicted octanol–water partition coefficient (Wildman–Crippen LogP) is 1.07. The lowest BCUT2D eigenvalue weighted by Crippen LogP contribution is -2.39. The highest BCUT2D eigenvalue weighted by atomic mass is 19.1. The number of nitrogens with one attached hydrogen (secondary N) is 1. The molecule has 1 aromatic carbocycles. The first kappa shape index (κ1) is 15.9. The molecule has 4 nitrogen and oxygen atoms in total. The van der Waals surface area contributed by atoms with Crippen molar-refractivity contribution in [2.75, 3.05) is 40.3 Å². The van der Waals surface area contributed by atoms with Crippen LogP contribution in [0.2, 0.25) is 0 Å². The molecule has 0 aromatic heterocycles. The highest BCUT2D eigenvalue weighted by Crippen LogP contribution is 2.15. The van der Waals surface area contributed by atoms with Gasteiger partial charge in [-0.25, -0.2) is 8.78 Å². The third-order valence-electron chi connectivity index (χ3n) is 3.83. The third kappa shape index (κ3) is 4.22. The van der Waals surface area contributed by atoms with Gasteiger partial charge in [-0.3, -0.25) is 9.69 Å². The van der Waals surface area contributed by atoms with Gasteiger partial charge < -0.3 is 10.2 Å². The zero-order valence-electron chi connectivity index (χ0n) is 12.4. The van der Waals surface area contributed by atoms with Crippen LogP contribution in [0.15, 0.2) is 18.2 Å². The van der Waals surface area contributed by atoms with Crippen LogP contribution in [0.3, 0.4) is 0 Å². The average Bonchev–Trinajstić information content (AvgIpc) is 2.63. The van der Waals surface area contributed by atoms with Crippen molar-refractivity contribution in [3.05, 3.63) is 35.4 Å². The maximum atomic E-state index is 13.7. The number of nitrogens with zero attached hydrogens (tertiary/aromatic N) is 2. The molecule has 1 heterocycles. The molecule has 0 radical (unpaired) electrons. The van der Waals surface area contributed by atoms with E-state index in [9.17, 15) is 13.6 Å². The summed E-state index contributed by atoms with van der Waals surface area (Å²) in [4.78, 5) is 16.0. The van der Waals surface area contributed by atoms with E-state index in [0.29, 0.717) is 25.2 Å². The Hall–Kier alpha value is -1.53.